The predicted molar refractivity (Wildman–Crippen MR) is 68.0 cm³/mol. The Kier molecular flexibility index (Phi) is 3.66. The molecule has 17 heavy (non-hydrogen) atoms. The predicted octanol–water partition coefficient (Wildman–Crippen LogP) is 2.42. The maximum Gasteiger partial charge on any atom is 0.129 e. The van der Waals surface area contributed by atoms with Crippen LogP contribution >= 0.6 is 11.6 Å². The first-order chi connectivity index (χ1) is 8.20. The van der Waals surface area contributed by atoms with Crippen LogP contribution in [0, 0.1) is 0 Å². The topological polar surface area (TPSA) is 55.3 Å². The molecule has 0 amide bonds. The molecule has 0 saturated carbocycles. The summed E-state index contributed by atoms with van der Waals surface area (Å²) in [6.45, 7) is 1.07. The van der Waals surface area contributed by atoms with Crippen molar-refractivity contribution < 1.29 is 4.42 Å². The number of rotatable bonds is 4. The van der Waals surface area contributed by atoms with Gasteiger partial charge in [-0.2, -0.15) is 0 Å². The molecular weight excluding hydrogens is 238 g/mol. The van der Waals surface area contributed by atoms with Gasteiger partial charge in [0.2, 0.25) is 0 Å². The van der Waals surface area contributed by atoms with Crippen LogP contribution in [0.15, 0.2) is 35.1 Å². The molecule has 0 aliphatic heterocycles. The minimum atomic E-state index is 0.340. The second-order valence-electron chi connectivity index (χ2n) is 3.79. The van der Waals surface area contributed by atoms with E-state index in [1.54, 1.807) is 12.5 Å². The van der Waals surface area contributed by atoms with Crippen molar-refractivity contribution in [1.82, 2.24) is 4.98 Å². The van der Waals surface area contributed by atoms with E-state index < -0.39 is 0 Å². The Morgan fingerprint density at radius 3 is 2.88 bits per heavy atom. The zero-order valence-corrected chi connectivity index (χ0v) is 10.3. The van der Waals surface area contributed by atoms with Gasteiger partial charge < -0.3 is 15.1 Å². The number of nitrogens with zero attached hydrogens (tertiary/aromatic N) is 2. The summed E-state index contributed by atoms with van der Waals surface area (Å²) in [6.07, 6.45) is 3.38. The molecule has 2 rings (SSSR count). The van der Waals surface area contributed by atoms with Crippen LogP contribution in [-0.4, -0.2) is 12.0 Å². The average molecular weight is 252 g/mol. The van der Waals surface area contributed by atoms with Gasteiger partial charge in [0.1, 0.15) is 5.82 Å². The van der Waals surface area contributed by atoms with Crippen molar-refractivity contribution in [2.75, 3.05) is 11.9 Å². The molecule has 0 aliphatic rings. The Hall–Kier alpha value is -1.52. The summed E-state index contributed by atoms with van der Waals surface area (Å²) >= 11 is 5.97. The molecule has 0 aliphatic carbocycles. The highest BCUT2D eigenvalue weighted by molar-refractivity contribution is 6.31. The van der Waals surface area contributed by atoms with Crippen molar-refractivity contribution in [2.24, 2.45) is 5.73 Å². The van der Waals surface area contributed by atoms with Crippen molar-refractivity contribution in [3.05, 3.63) is 47.0 Å². The van der Waals surface area contributed by atoms with Gasteiger partial charge in [0, 0.05) is 25.7 Å². The van der Waals surface area contributed by atoms with E-state index in [4.69, 9.17) is 21.8 Å². The number of aromatic nitrogens is 1. The van der Waals surface area contributed by atoms with Gasteiger partial charge in [-0.25, -0.2) is 4.98 Å². The van der Waals surface area contributed by atoms with Crippen molar-refractivity contribution in [2.45, 2.75) is 13.1 Å². The molecule has 0 unspecified atom stereocenters. The minimum Gasteiger partial charge on any atom is -0.472 e. The number of nitrogens with two attached hydrogens (primary N) is 1. The fourth-order valence-corrected chi connectivity index (χ4v) is 1.75. The second-order valence-corrected chi connectivity index (χ2v) is 4.20. The van der Waals surface area contributed by atoms with Crippen LogP contribution in [0.4, 0.5) is 5.82 Å². The van der Waals surface area contributed by atoms with E-state index in [0.717, 1.165) is 17.9 Å². The highest BCUT2D eigenvalue weighted by atomic mass is 35.5. The maximum absolute atomic E-state index is 5.97. The van der Waals surface area contributed by atoms with Crippen LogP contribution in [0.25, 0.3) is 0 Å². The van der Waals surface area contributed by atoms with E-state index in [-0.39, 0.29) is 0 Å². The normalized spacial score (nSPS) is 10.5. The fraction of sp³-hybridized carbons (Fsp3) is 0.250. The summed E-state index contributed by atoms with van der Waals surface area (Å²) in [4.78, 5) is 6.42. The lowest BCUT2D eigenvalue weighted by molar-refractivity contribution is 0.563. The van der Waals surface area contributed by atoms with Crippen molar-refractivity contribution in [1.29, 1.82) is 0 Å². The molecule has 5 heteroatoms. The van der Waals surface area contributed by atoms with E-state index in [0.29, 0.717) is 17.3 Å². The van der Waals surface area contributed by atoms with Crippen LogP contribution in [-0.2, 0) is 13.1 Å². The summed E-state index contributed by atoms with van der Waals surface area (Å²) in [6, 6.07) is 5.62. The largest absolute Gasteiger partial charge is 0.472 e. The molecular formula is C12H14ClN3O. The van der Waals surface area contributed by atoms with E-state index >= 15 is 0 Å². The summed E-state index contributed by atoms with van der Waals surface area (Å²) in [5.41, 5.74) is 7.38. The number of furan rings is 1. The molecule has 0 bridgehead atoms. The third kappa shape index (κ3) is 2.78. The minimum absolute atomic E-state index is 0.340. The Morgan fingerprint density at radius 2 is 2.24 bits per heavy atom. The first-order valence-electron chi connectivity index (χ1n) is 5.28. The molecule has 4 nitrogen and oxygen atoms in total. The van der Waals surface area contributed by atoms with Gasteiger partial charge in [-0.1, -0.05) is 11.6 Å². The molecule has 2 heterocycles. The SMILES string of the molecule is CN(Cc1ccoc1)c1ccc(Cl)c(CN)n1. The van der Waals surface area contributed by atoms with Crippen LogP contribution in [0.5, 0.6) is 0 Å². The number of hydrogen-bond acceptors (Lipinski definition) is 4. The van der Waals surface area contributed by atoms with Crippen LogP contribution in [0.3, 0.4) is 0 Å². The quantitative estimate of drug-likeness (QED) is 0.907. The lowest BCUT2D eigenvalue weighted by Crippen LogP contribution is -2.18. The van der Waals surface area contributed by atoms with Gasteiger partial charge in [-0.3, -0.25) is 0 Å². The second kappa shape index (κ2) is 5.21. The molecule has 0 atom stereocenters. The maximum atomic E-state index is 5.97. The third-order valence-electron chi connectivity index (χ3n) is 2.49. The standard InChI is InChI=1S/C12H14ClN3O/c1-16(7-9-4-5-17-8-9)12-3-2-10(13)11(6-14)15-12/h2-5,8H,6-7,14H2,1H3. The molecule has 90 valence electrons. The van der Waals surface area contributed by atoms with Crippen molar-refractivity contribution >= 4 is 17.4 Å². The average Bonchev–Trinajstić information content (AvgIpc) is 2.82. The molecule has 0 spiro atoms. The lowest BCUT2D eigenvalue weighted by atomic mass is 10.3. The molecule has 0 aromatic carbocycles. The van der Waals surface area contributed by atoms with Gasteiger partial charge >= 0.3 is 0 Å². The number of anilines is 1. The third-order valence-corrected chi connectivity index (χ3v) is 2.83. The zero-order chi connectivity index (χ0) is 12.3. The lowest BCUT2D eigenvalue weighted by Gasteiger charge is -2.18. The van der Waals surface area contributed by atoms with Gasteiger partial charge in [0.05, 0.1) is 23.2 Å². The number of halogens is 1. The first-order valence-corrected chi connectivity index (χ1v) is 5.66. The summed E-state index contributed by atoms with van der Waals surface area (Å²) < 4.78 is 5.03. The fourth-order valence-electron chi connectivity index (χ4n) is 1.57. The van der Waals surface area contributed by atoms with Crippen molar-refractivity contribution in [3.8, 4) is 0 Å². The van der Waals surface area contributed by atoms with E-state index in [2.05, 4.69) is 4.98 Å². The van der Waals surface area contributed by atoms with Crippen molar-refractivity contribution in [3.63, 3.8) is 0 Å². The molecule has 0 radical (unpaired) electrons. The van der Waals surface area contributed by atoms with E-state index in [9.17, 15) is 0 Å². The zero-order valence-electron chi connectivity index (χ0n) is 9.56. The van der Waals surface area contributed by atoms with Gasteiger partial charge in [0.25, 0.3) is 0 Å². The molecule has 2 N–H and O–H groups in total. The molecule has 0 saturated heterocycles. The Morgan fingerprint density at radius 1 is 1.41 bits per heavy atom. The van der Waals surface area contributed by atoms with Crippen LogP contribution < -0.4 is 10.6 Å². The van der Waals surface area contributed by atoms with E-state index in [1.165, 1.54) is 0 Å². The van der Waals surface area contributed by atoms with Gasteiger partial charge in [-0.05, 0) is 18.2 Å². The number of hydrogen-bond donors (Lipinski definition) is 1. The highest BCUT2D eigenvalue weighted by Crippen LogP contribution is 2.19. The summed E-state index contributed by atoms with van der Waals surface area (Å²) in [7, 11) is 1.96. The molecule has 2 aromatic rings. The highest BCUT2D eigenvalue weighted by Gasteiger charge is 2.07. The van der Waals surface area contributed by atoms with E-state index in [1.807, 2.05) is 30.1 Å². The molecule has 0 fully saturated rings. The Balaban J connectivity index is 2.16. The summed E-state index contributed by atoms with van der Waals surface area (Å²) in [5, 5.41) is 0.605. The van der Waals surface area contributed by atoms with Gasteiger partial charge in [0.15, 0.2) is 0 Å². The Bertz CT molecular complexity index is 485. The van der Waals surface area contributed by atoms with Crippen LogP contribution in [0.1, 0.15) is 11.3 Å². The molecule has 2 aromatic heterocycles. The summed E-state index contributed by atoms with van der Waals surface area (Å²) in [5.74, 6) is 0.844. The number of pyridine rings is 1. The van der Waals surface area contributed by atoms with Crippen LogP contribution in [0.2, 0.25) is 5.02 Å². The monoisotopic (exact) mass is 251 g/mol. The van der Waals surface area contributed by atoms with Gasteiger partial charge in [-0.15, -0.1) is 0 Å². The smallest absolute Gasteiger partial charge is 0.129 e. The Labute approximate surface area is 105 Å². The first kappa shape index (κ1) is 12.0.